The zero-order valence-electron chi connectivity index (χ0n) is 13.0. The summed E-state index contributed by atoms with van der Waals surface area (Å²) in [4.78, 5) is 12.2. The van der Waals surface area contributed by atoms with Crippen LogP contribution in [0.5, 0.6) is 0 Å². The number of nitrogens with zero attached hydrogens (tertiary/aromatic N) is 3. The molecule has 1 aromatic carbocycles. The van der Waals surface area contributed by atoms with Crippen molar-refractivity contribution >= 4 is 17.7 Å². The number of hydrogen-bond donors (Lipinski definition) is 1. The van der Waals surface area contributed by atoms with Gasteiger partial charge in [-0.1, -0.05) is 30.0 Å². The van der Waals surface area contributed by atoms with Crippen LogP contribution in [0.25, 0.3) is 5.69 Å². The van der Waals surface area contributed by atoms with Gasteiger partial charge >= 0.3 is 0 Å². The molecule has 1 aromatic heterocycles. The van der Waals surface area contributed by atoms with Gasteiger partial charge in [0.1, 0.15) is 6.33 Å². The summed E-state index contributed by atoms with van der Waals surface area (Å²) in [5, 5.41) is 11.5. The van der Waals surface area contributed by atoms with Gasteiger partial charge in [-0.15, -0.1) is 10.2 Å². The minimum absolute atomic E-state index is 0.00638. The van der Waals surface area contributed by atoms with Crippen LogP contribution >= 0.6 is 11.8 Å². The van der Waals surface area contributed by atoms with Crippen molar-refractivity contribution in [2.24, 2.45) is 0 Å². The summed E-state index contributed by atoms with van der Waals surface area (Å²) >= 11 is 1.40. The van der Waals surface area contributed by atoms with Crippen molar-refractivity contribution in [2.45, 2.75) is 36.3 Å². The molecular weight excluding hydrogens is 312 g/mol. The van der Waals surface area contributed by atoms with Gasteiger partial charge in [-0.25, -0.2) is 0 Å². The van der Waals surface area contributed by atoms with Crippen LogP contribution in [0.4, 0.5) is 0 Å². The lowest BCUT2D eigenvalue weighted by Crippen LogP contribution is -2.36. The third-order valence-corrected chi connectivity index (χ3v) is 4.79. The number of thioether (sulfide) groups is 1. The highest BCUT2D eigenvalue weighted by Crippen LogP contribution is 2.23. The second kappa shape index (κ2) is 7.61. The van der Waals surface area contributed by atoms with Gasteiger partial charge in [-0.05, 0) is 31.9 Å². The number of amides is 1. The summed E-state index contributed by atoms with van der Waals surface area (Å²) in [5.41, 5.74) is 0.979. The Kier molecular flexibility index (Phi) is 5.30. The maximum absolute atomic E-state index is 12.2. The third-order valence-electron chi connectivity index (χ3n) is 3.73. The van der Waals surface area contributed by atoms with Crippen LogP contribution in [-0.4, -0.2) is 45.2 Å². The van der Waals surface area contributed by atoms with E-state index in [0.717, 1.165) is 25.1 Å². The Morgan fingerprint density at radius 2 is 2.30 bits per heavy atom. The average molecular weight is 332 g/mol. The van der Waals surface area contributed by atoms with E-state index in [0.29, 0.717) is 11.7 Å². The minimum atomic E-state index is -0.247. The molecule has 0 bridgehead atoms. The van der Waals surface area contributed by atoms with Crippen molar-refractivity contribution in [2.75, 3.05) is 13.2 Å². The topological polar surface area (TPSA) is 69.0 Å². The molecule has 0 unspecified atom stereocenters. The van der Waals surface area contributed by atoms with E-state index in [4.69, 9.17) is 4.74 Å². The first kappa shape index (κ1) is 16.0. The molecule has 3 rings (SSSR count). The second-order valence-electron chi connectivity index (χ2n) is 5.46. The van der Waals surface area contributed by atoms with Crippen LogP contribution in [-0.2, 0) is 9.53 Å². The maximum Gasteiger partial charge on any atom is 0.233 e. The molecule has 0 radical (unpaired) electrons. The van der Waals surface area contributed by atoms with Gasteiger partial charge in [-0.3, -0.25) is 9.36 Å². The lowest BCUT2D eigenvalue weighted by molar-refractivity contribution is -0.120. The molecule has 0 spiro atoms. The minimum Gasteiger partial charge on any atom is -0.376 e. The van der Waals surface area contributed by atoms with E-state index >= 15 is 0 Å². The number of hydrogen-bond acceptors (Lipinski definition) is 5. The number of carbonyl (C=O) groups excluding carboxylic acids is 1. The molecule has 23 heavy (non-hydrogen) atoms. The van der Waals surface area contributed by atoms with Crippen LogP contribution < -0.4 is 5.32 Å². The summed E-state index contributed by atoms with van der Waals surface area (Å²) in [5.74, 6) is -0.00638. The maximum atomic E-state index is 12.2. The van der Waals surface area contributed by atoms with Crippen molar-refractivity contribution in [3.63, 3.8) is 0 Å². The van der Waals surface area contributed by atoms with Crippen LogP contribution in [0.15, 0.2) is 41.8 Å². The molecule has 1 amide bonds. The fourth-order valence-corrected chi connectivity index (χ4v) is 3.31. The van der Waals surface area contributed by atoms with E-state index in [2.05, 4.69) is 15.5 Å². The standard InChI is InChI=1S/C16H20N4O2S/c1-12(15(21)17-10-14-8-5-9-22-14)23-16-19-18-11-20(16)13-6-3-2-4-7-13/h2-4,6-7,11-12,14H,5,8-10H2,1H3,(H,17,21)/t12-,14+/m0/s1. The van der Waals surface area contributed by atoms with E-state index in [1.165, 1.54) is 11.8 Å². The predicted octanol–water partition coefficient (Wildman–Crippen LogP) is 2.04. The fraction of sp³-hybridized carbons (Fsp3) is 0.438. The summed E-state index contributed by atoms with van der Waals surface area (Å²) in [6.07, 6.45) is 3.91. The third kappa shape index (κ3) is 4.11. The zero-order chi connectivity index (χ0) is 16.1. The first-order valence-corrected chi connectivity index (χ1v) is 8.63. The van der Waals surface area contributed by atoms with Crippen LogP contribution in [0, 0.1) is 0 Å². The highest BCUT2D eigenvalue weighted by molar-refractivity contribution is 8.00. The quantitative estimate of drug-likeness (QED) is 0.820. The van der Waals surface area contributed by atoms with E-state index in [1.54, 1.807) is 6.33 Å². The number of aromatic nitrogens is 3. The van der Waals surface area contributed by atoms with Crippen molar-refractivity contribution in [3.05, 3.63) is 36.7 Å². The van der Waals surface area contributed by atoms with E-state index in [1.807, 2.05) is 41.8 Å². The van der Waals surface area contributed by atoms with Gasteiger partial charge in [0.25, 0.3) is 0 Å². The van der Waals surface area contributed by atoms with Crippen LogP contribution in [0.1, 0.15) is 19.8 Å². The van der Waals surface area contributed by atoms with Crippen LogP contribution in [0.3, 0.4) is 0 Å². The molecule has 2 heterocycles. The summed E-state index contributed by atoms with van der Waals surface area (Å²) in [6.45, 7) is 3.25. The van der Waals surface area contributed by atoms with E-state index in [-0.39, 0.29) is 17.3 Å². The molecule has 1 saturated heterocycles. The van der Waals surface area contributed by atoms with Gasteiger partial charge in [0, 0.05) is 18.8 Å². The summed E-state index contributed by atoms with van der Waals surface area (Å²) < 4.78 is 7.40. The Labute approximate surface area is 139 Å². The summed E-state index contributed by atoms with van der Waals surface area (Å²) in [6, 6.07) is 9.84. The molecule has 1 aliphatic rings. The first-order chi connectivity index (χ1) is 11.2. The number of benzene rings is 1. The predicted molar refractivity (Wildman–Crippen MR) is 88.7 cm³/mol. The monoisotopic (exact) mass is 332 g/mol. The molecule has 6 nitrogen and oxygen atoms in total. The van der Waals surface area contributed by atoms with E-state index in [9.17, 15) is 4.79 Å². The largest absolute Gasteiger partial charge is 0.376 e. The Balaban J connectivity index is 1.58. The van der Waals surface area contributed by atoms with Crippen molar-refractivity contribution in [1.82, 2.24) is 20.1 Å². The normalized spacial score (nSPS) is 18.7. The molecule has 1 N–H and O–H groups in total. The Hall–Kier alpha value is -1.86. The Bertz CT molecular complexity index is 641. The number of ether oxygens (including phenoxy) is 1. The van der Waals surface area contributed by atoms with E-state index < -0.39 is 0 Å². The fourth-order valence-electron chi connectivity index (χ4n) is 2.45. The Morgan fingerprint density at radius 1 is 1.48 bits per heavy atom. The molecule has 122 valence electrons. The van der Waals surface area contributed by atoms with Gasteiger partial charge in [0.2, 0.25) is 5.91 Å². The highest BCUT2D eigenvalue weighted by Gasteiger charge is 2.21. The number of carbonyl (C=O) groups is 1. The number of nitrogens with one attached hydrogen (secondary N) is 1. The van der Waals surface area contributed by atoms with Crippen LogP contribution in [0.2, 0.25) is 0 Å². The van der Waals surface area contributed by atoms with Gasteiger partial charge in [-0.2, -0.15) is 0 Å². The molecule has 2 atom stereocenters. The molecule has 0 saturated carbocycles. The van der Waals surface area contributed by atoms with Gasteiger partial charge < -0.3 is 10.1 Å². The highest BCUT2D eigenvalue weighted by atomic mass is 32.2. The van der Waals surface area contributed by atoms with Gasteiger partial charge in [0.15, 0.2) is 5.16 Å². The molecule has 0 aliphatic carbocycles. The molecule has 2 aromatic rings. The molecule has 1 fully saturated rings. The average Bonchev–Trinajstić information content (AvgIpc) is 3.25. The lowest BCUT2D eigenvalue weighted by atomic mass is 10.2. The first-order valence-electron chi connectivity index (χ1n) is 7.75. The van der Waals surface area contributed by atoms with Crippen molar-refractivity contribution in [1.29, 1.82) is 0 Å². The SMILES string of the molecule is C[C@H](Sc1nncn1-c1ccccc1)C(=O)NC[C@H]1CCCO1. The number of para-hydroxylation sites is 1. The Morgan fingerprint density at radius 3 is 3.04 bits per heavy atom. The molecule has 1 aliphatic heterocycles. The van der Waals surface area contributed by atoms with Gasteiger partial charge in [0.05, 0.1) is 11.4 Å². The zero-order valence-corrected chi connectivity index (χ0v) is 13.8. The number of rotatable bonds is 6. The van der Waals surface area contributed by atoms with Crippen molar-refractivity contribution < 1.29 is 9.53 Å². The summed E-state index contributed by atoms with van der Waals surface area (Å²) in [7, 11) is 0. The molecule has 7 heteroatoms. The smallest absolute Gasteiger partial charge is 0.233 e. The molecular formula is C16H20N4O2S. The van der Waals surface area contributed by atoms with Crippen molar-refractivity contribution in [3.8, 4) is 5.69 Å². The second-order valence-corrected chi connectivity index (χ2v) is 6.77. The lowest BCUT2D eigenvalue weighted by Gasteiger charge is -2.14.